The van der Waals surface area contributed by atoms with Crippen molar-refractivity contribution in [2.75, 3.05) is 19.6 Å². The van der Waals surface area contributed by atoms with Crippen LogP contribution in [0.15, 0.2) is 48.8 Å². The second kappa shape index (κ2) is 8.29. The van der Waals surface area contributed by atoms with Crippen LogP contribution in [0.5, 0.6) is 0 Å². The highest BCUT2D eigenvalue weighted by atomic mass is 16.2. The van der Waals surface area contributed by atoms with E-state index < -0.39 is 5.41 Å². The molecule has 1 aromatic heterocycles. The predicted octanol–water partition coefficient (Wildman–Crippen LogP) is 0.935. The highest BCUT2D eigenvalue weighted by molar-refractivity contribution is 6.11. The molecule has 2 fully saturated rings. The van der Waals surface area contributed by atoms with E-state index in [0.29, 0.717) is 18.7 Å². The predicted molar refractivity (Wildman–Crippen MR) is 111 cm³/mol. The summed E-state index contributed by atoms with van der Waals surface area (Å²) < 4.78 is 0. The number of benzene rings is 1. The summed E-state index contributed by atoms with van der Waals surface area (Å²) in [6, 6.07) is 10.9. The van der Waals surface area contributed by atoms with E-state index in [4.69, 9.17) is 0 Å². The number of hydrogen-bond acceptors (Lipinski definition) is 5. The molecule has 2 aliphatic rings. The number of likely N-dealkylation sites (tertiary alicyclic amines) is 1. The van der Waals surface area contributed by atoms with E-state index in [0.717, 1.165) is 11.1 Å². The van der Waals surface area contributed by atoms with E-state index in [1.54, 1.807) is 24.5 Å². The fraction of sp³-hybridized carbons (Fsp3) is 0.348. The lowest BCUT2D eigenvalue weighted by Crippen LogP contribution is -2.52. The number of amides is 4. The van der Waals surface area contributed by atoms with E-state index in [2.05, 4.69) is 10.3 Å². The summed E-state index contributed by atoms with van der Waals surface area (Å²) in [4.78, 5) is 58.3. The first-order chi connectivity index (χ1) is 14.9. The molecular formula is C23H24N4O4. The van der Waals surface area contributed by atoms with Crippen LogP contribution in [0.25, 0.3) is 0 Å². The van der Waals surface area contributed by atoms with Crippen molar-refractivity contribution < 1.29 is 19.2 Å². The van der Waals surface area contributed by atoms with E-state index in [-0.39, 0.29) is 49.6 Å². The van der Waals surface area contributed by atoms with Gasteiger partial charge < -0.3 is 10.2 Å². The normalized spacial score (nSPS) is 21.4. The third-order valence-electron chi connectivity index (χ3n) is 6.00. The highest BCUT2D eigenvalue weighted by Gasteiger charge is 2.54. The molecule has 4 rings (SSSR count). The zero-order chi connectivity index (χ0) is 22.0. The van der Waals surface area contributed by atoms with Crippen LogP contribution in [-0.2, 0) is 31.1 Å². The average Bonchev–Trinajstić information content (AvgIpc) is 2.99. The molecule has 2 aliphatic heterocycles. The van der Waals surface area contributed by atoms with Crippen LogP contribution < -0.4 is 5.32 Å². The minimum Gasteiger partial charge on any atom is -0.353 e. The topological polar surface area (TPSA) is 99.7 Å². The monoisotopic (exact) mass is 420 g/mol. The van der Waals surface area contributed by atoms with Gasteiger partial charge in [0.1, 0.15) is 0 Å². The van der Waals surface area contributed by atoms with E-state index in [1.165, 1.54) is 9.80 Å². The Morgan fingerprint density at radius 3 is 2.58 bits per heavy atom. The number of imide groups is 1. The second-order valence-electron chi connectivity index (χ2n) is 8.06. The van der Waals surface area contributed by atoms with Gasteiger partial charge in [-0.2, -0.15) is 0 Å². The third kappa shape index (κ3) is 3.93. The number of aromatic nitrogens is 1. The number of aryl methyl sites for hydroxylation is 1. The van der Waals surface area contributed by atoms with Gasteiger partial charge in [-0.3, -0.25) is 29.1 Å². The van der Waals surface area contributed by atoms with E-state index in [9.17, 15) is 19.2 Å². The lowest BCUT2D eigenvalue weighted by Gasteiger charge is -2.33. The maximum atomic E-state index is 13.7. The van der Waals surface area contributed by atoms with Crippen molar-refractivity contribution in [2.45, 2.75) is 31.7 Å². The van der Waals surface area contributed by atoms with Crippen LogP contribution in [0, 0.1) is 6.92 Å². The lowest BCUT2D eigenvalue weighted by atomic mass is 9.74. The summed E-state index contributed by atoms with van der Waals surface area (Å²) in [7, 11) is 0. The maximum absolute atomic E-state index is 13.7. The van der Waals surface area contributed by atoms with Crippen LogP contribution in [0.4, 0.5) is 0 Å². The molecule has 0 saturated carbocycles. The molecule has 0 bridgehead atoms. The first-order valence-corrected chi connectivity index (χ1v) is 10.2. The van der Waals surface area contributed by atoms with Gasteiger partial charge in [-0.25, -0.2) is 0 Å². The molecule has 0 aliphatic carbocycles. The number of piperazine rings is 1. The molecule has 8 nitrogen and oxygen atoms in total. The Balaban J connectivity index is 1.69. The molecule has 0 radical (unpaired) electrons. The van der Waals surface area contributed by atoms with Gasteiger partial charge in [0.15, 0.2) is 0 Å². The fourth-order valence-electron chi connectivity index (χ4n) is 4.41. The van der Waals surface area contributed by atoms with E-state index in [1.807, 2.05) is 31.2 Å². The summed E-state index contributed by atoms with van der Waals surface area (Å²) in [6.07, 6.45) is 3.00. The molecule has 2 aromatic rings. The van der Waals surface area contributed by atoms with Crippen LogP contribution in [-0.4, -0.2) is 58.0 Å². The number of rotatable bonds is 5. The highest BCUT2D eigenvalue weighted by Crippen LogP contribution is 2.42. The quantitative estimate of drug-likeness (QED) is 0.726. The first-order valence-electron chi connectivity index (χ1n) is 10.2. The van der Waals surface area contributed by atoms with Gasteiger partial charge in [-0.1, -0.05) is 24.3 Å². The Hall–Kier alpha value is -3.55. The SMILES string of the molecule is Cc1ccccc1[C@@]1(CC(=O)N2CCNC(=O)C2)CC(=O)N(Cc2ccncc2)C1=O. The Kier molecular flexibility index (Phi) is 5.54. The van der Waals surface area contributed by atoms with Gasteiger partial charge in [0.2, 0.25) is 23.6 Å². The summed E-state index contributed by atoms with van der Waals surface area (Å²) in [5.74, 6) is -1.21. The first kappa shape index (κ1) is 20.7. The summed E-state index contributed by atoms with van der Waals surface area (Å²) in [6.45, 7) is 2.74. The molecule has 31 heavy (non-hydrogen) atoms. The van der Waals surface area contributed by atoms with Gasteiger partial charge in [0.25, 0.3) is 0 Å². The van der Waals surface area contributed by atoms with Crippen molar-refractivity contribution >= 4 is 23.6 Å². The molecular weight excluding hydrogens is 396 g/mol. The van der Waals surface area contributed by atoms with Crippen molar-refractivity contribution in [2.24, 2.45) is 0 Å². The molecule has 3 heterocycles. The molecule has 160 valence electrons. The molecule has 0 unspecified atom stereocenters. The number of nitrogens with one attached hydrogen (secondary N) is 1. The van der Waals surface area contributed by atoms with Gasteiger partial charge in [-0.15, -0.1) is 0 Å². The molecule has 2 saturated heterocycles. The van der Waals surface area contributed by atoms with Crippen LogP contribution in [0.3, 0.4) is 0 Å². The van der Waals surface area contributed by atoms with Crippen molar-refractivity contribution in [3.8, 4) is 0 Å². The summed E-state index contributed by atoms with van der Waals surface area (Å²) in [5, 5.41) is 2.69. The minimum atomic E-state index is -1.28. The number of nitrogens with zero attached hydrogens (tertiary/aromatic N) is 3. The molecule has 1 aromatic carbocycles. The molecule has 8 heteroatoms. The Morgan fingerprint density at radius 1 is 1.13 bits per heavy atom. The Bertz CT molecular complexity index is 1040. The van der Waals surface area contributed by atoms with Crippen LogP contribution >= 0.6 is 0 Å². The number of hydrogen-bond donors (Lipinski definition) is 1. The van der Waals surface area contributed by atoms with Crippen LogP contribution in [0.1, 0.15) is 29.5 Å². The minimum absolute atomic E-state index is 0.0362. The number of carbonyl (C=O) groups excluding carboxylic acids is 4. The second-order valence-corrected chi connectivity index (χ2v) is 8.06. The summed E-state index contributed by atoms with van der Waals surface area (Å²) in [5.41, 5.74) is 1.04. The van der Waals surface area contributed by atoms with Gasteiger partial charge in [-0.05, 0) is 35.7 Å². The lowest BCUT2D eigenvalue weighted by molar-refractivity contribution is -0.144. The zero-order valence-electron chi connectivity index (χ0n) is 17.3. The number of carbonyl (C=O) groups is 4. The smallest absolute Gasteiger partial charge is 0.241 e. The van der Waals surface area contributed by atoms with Gasteiger partial charge in [0.05, 0.1) is 18.5 Å². The zero-order valence-corrected chi connectivity index (χ0v) is 17.3. The van der Waals surface area contributed by atoms with Crippen molar-refractivity contribution in [3.63, 3.8) is 0 Å². The molecule has 1 N–H and O–H groups in total. The van der Waals surface area contributed by atoms with Gasteiger partial charge in [0, 0.05) is 38.3 Å². The van der Waals surface area contributed by atoms with Crippen molar-refractivity contribution in [1.82, 2.24) is 20.1 Å². The fourth-order valence-corrected chi connectivity index (χ4v) is 4.41. The summed E-state index contributed by atoms with van der Waals surface area (Å²) >= 11 is 0. The van der Waals surface area contributed by atoms with E-state index >= 15 is 0 Å². The number of pyridine rings is 1. The third-order valence-corrected chi connectivity index (χ3v) is 6.00. The Morgan fingerprint density at radius 2 is 1.87 bits per heavy atom. The van der Waals surface area contributed by atoms with Crippen molar-refractivity contribution in [1.29, 1.82) is 0 Å². The average molecular weight is 420 g/mol. The molecule has 4 amide bonds. The van der Waals surface area contributed by atoms with Crippen molar-refractivity contribution in [3.05, 3.63) is 65.5 Å². The standard InChI is InChI=1S/C23H24N4O4/c1-16-4-2-3-5-18(16)23(12-20(29)26-11-10-25-19(28)15-26)13-21(30)27(22(23)31)14-17-6-8-24-9-7-17/h2-9H,10-15H2,1H3,(H,25,28)/t23-/m1/s1. The van der Waals surface area contributed by atoms with Gasteiger partial charge >= 0.3 is 0 Å². The van der Waals surface area contributed by atoms with Crippen LogP contribution in [0.2, 0.25) is 0 Å². The Labute approximate surface area is 180 Å². The largest absolute Gasteiger partial charge is 0.353 e. The maximum Gasteiger partial charge on any atom is 0.241 e. The molecule has 0 spiro atoms. The molecule has 1 atom stereocenters.